The van der Waals surface area contributed by atoms with E-state index in [-0.39, 0.29) is 0 Å². The van der Waals surface area contributed by atoms with Crippen LogP contribution in [-0.4, -0.2) is 0 Å². The molecule has 4 heteroatoms. The van der Waals surface area contributed by atoms with Crippen LogP contribution in [0.2, 0.25) is 0 Å². The largest absolute Gasteiger partial charge is 0.309 e. The number of rotatable bonds is 10. The van der Waals surface area contributed by atoms with Crippen LogP contribution in [0.1, 0.15) is 50.7 Å². The molecule has 12 aromatic carbocycles. The monoisotopic (exact) mass is 1010 g/mol. The Hall–Kier alpha value is -8.54. The van der Waals surface area contributed by atoms with Crippen molar-refractivity contribution in [2.75, 3.05) is 9.80 Å². The third kappa shape index (κ3) is 7.74. The molecule has 0 atom stereocenters. The molecule has 2 nitrogen and oxygen atoms in total. The van der Waals surface area contributed by atoms with Gasteiger partial charge >= 0.3 is 0 Å². The smallest absolute Gasteiger partial charge is 0.0620 e. The maximum Gasteiger partial charge on any atom is 0.0620 e. The van der Waals surface area contributed by atoms with Crippen molar-refractivity contribution in [1.29, 1.82) is 0 Å². The van der Waals surface area contributed by atoms with Gasteiger partial charge in [0.05, 0.1) is 11.4 Å². The highest BCUT2D eigenvalue weighted by Gasteiger charge is 2.27. The molecular weight excluding hydrogens is 957 g/mol. The lowest BCUT2D eigenvalue weighted by atomic mass is 9.92. The summed E-state index contributed by atoms with van der Waals surface area (Å²) in [6.45, 7) is 9.18. The lowest BCUT2D eigenvalue weighted by Crippen LogP contribution is -2.15. The van der Waals surface area contributed by atoms with Gasteiger partial charge in [0, 0.05) is 84.6 Å². The predicted octanol–water partition coefficient (Wildman–Crippen LogP) is 22.4. The highest BCUT2D eigenvalue weighted by molar-refractivity contribution is 7.26. The third-order valence-corrected chi connectivity index (χ3v) is 17.9. The molecule has 14 aromatic rings. The number of benzene rings is 12. The second-order valence-corrected chi connectivity index (χ2v) is 22.9. The minimum Gasteiger partial charge on any atom is -0.309 e. The van der Waals surface area contributed by atoms with Gasteiger partial charge in [-0.1, -0.05) is 198 Å². The Balaban J connectivity index is 1.06. The zero-order chi connectivity index (χ0) is 51.0. The van der Waals surface area contributed by atoms with E-state index >= 15 is 0 Å². The van der Waals surface area contributed by atoms with Gasteiger partial charge in [0.1, 0.15) is 0 Å². The van der Waals surface area contributed by atoms with Gasteiger partial charge in [-0.25, -0.2) is 0 Å². The van der Waals surface area contributed by atoms with Gasteiger partial charge in [-0.15, -0.1) is 22.7 Å². The maximum atomic E-state index is 2.56. The van der Waals surface area contributed by atoms with Crippen molar-refractivity contribution in [2.45, 2.75) is 39.5 Å². The minimum atomic E-state index is 0.343. The van der Waals surface area contributed by atoms with Crippen LogP contribution in [0.4, 0.5) is 34.1 Å². The van der Waals surface area contributed by atoms with E-state index in [0.717, 1.165) is 34.1 Å². The number of thiophene rings is 2. The molecule has 0 saturated heterocycles. The fourth-order valence-electron chi connectivity index (χ4n) is 11.7. The van der Waals surface area contributed by atoms with Gasteiger partial charge in [0.25, 0.3) is 0 Å². The van der Waals surface area contributed by atoms with E-state index in [9.17, 15) is 0 Å². The summed E-state index contributed by atoms with van der Waals surface area (Å²) in [5, 5.41) is 12.3. The Kier molecular flexibility index (Phi) is 11.3. The van der Waals surface area contributed by atoms with Crippen molar-refractivity contribution in [3.63, 3.8) is 0 Å². The Morgan fingerprint density at radius 1 is 0.289 bits per heavy atom. The first-order valence-corrected chi connectivity index (χ1v) is 28.2. The summed E-state index contributed by atoms with van der Waals surface area (Å²) in [6, 6.07) is 91.1. The fourth-order valence-corrected chi connectivity index (χ4v) is 14.2. The predicted molar refractivity (Wildman–Crippen MR) is 333 cm³/mol. The first kappa shape index (κ1) is 46.0. The summed E-state index contributed by atoms with van der Waals surface area (Å²) in [6.07, 6.45) is 0. The number of nitrogens with zero attached hydrogens (tertiary/aromatic N) is 2. The van der Waals surface area contributed by atoms with Crippen LogP contribution < -0.4 is 9.80 Å². The van der Waals surface area contributed by atoms with E-state index in [1.807, 2.05) is 22.7 Å². The Labute approximate surface area is 452 Å². The van der Waals surface area contributed by atoms with E-state index < -0.39 is 0 Å². The molecule has 0 fully saturated rings. The lowest BCUT2D eigenvalue weighted by Gasteiger charge is -2.33. The number of anilines is 6. The molecule has 0 radical (unpaired) electrons. The summed E-state index contributed by atoms with van der Waals surface area (Å²) in [5.74, 6) is 0.686. The Morgan fingerprint density at radius 3 is 1.08 bits per heavy atom. The highest BCUT2D eigenvalue weighted by atomic mass is 32.1. The number of hydrogen-bond acceptors (Lipinski definition) is 4. The highest BCUT2D eigenvalue weighted by Crippen LogP contribution is 2.53. The fraction of sp³-hybridized carbons (Fsp3) is 0.0833. The summed E-state index contributed by atoms with van der Waals surface area (Å²) < 4.78 is 5.24. The molecule has 0 aliphatic heterocycles. The number of hydrogen-bond donors (Lipinski definition) is 0. The van der Waals surface area contributed by atoms with Gasteiger partial charge < -0.3 is 9.80 Å². The molecule has 76 heavy (non-hydrogen) atoms. The molecule has 0 unspecified atom stereocenters. The van der Waals surface area contributed by atoms with Gasteiger partial charge in [-0.05, 0) is 129 Å². The van der Waals surface area contributed by atoms with Crippen molar-refractivity contribution >= 4 is 129 Å². The van der Waals surface area contributed by atoms with Crippen LogP contribution in [0.5, 0.6) is 0 Å². The van der Waals surface area contributed by atoms with E-state index in [1.54, 1.807) is 0 Å². The third-order valence-electron chi connectivity index (χ3n) is 15.5. The SMILES string of the molecule is CC(C)c1cccc(N(c2cccc(-c3cccc4c3sc3ccccc34)c2)c2c3ccccc3c(N(c3cccc(-c4cccc5c4sc4ccccc45)c3)c3cccc(C(C)C)c3)c3cc4ccccc4cc23)c1. The summed E-state index contributed by atoms with van der Waals surface area (Å²) >= 11 is 3.77. The molecule has 2 aromatic heterocycles. The molecular formula is C72H54N2S2. The topological polar surface area (TPSA) is 6.48 Å². The average Bonchev–Trinajstić information content (AvgIpc) is 4.17. The van der Waals surface area contributed by atoms with Crippen LogP contribution in [0.15, 0.2) is 243 Å². The Morgan fingerprint density at radius 2 is 0.645 bits per heavy atom. The van der Waals surface area contributed by atoms with Crippen molar-refractivity contribution < 1.29 is 0 Å². The molecule has 0 bridgehead atoms. The van der Waals surface area contributed by atoms with E-state index in [1.165, 1.54) is 106 Å². The van der Waals surface area contributed by atoms with Gasteiger partial charge in [-0.3, -0.25) is 0 Å². The molecule has 364 valence electrons. The first-order chi connectivity index (χ1) is 37.3. The second kappa shape index (κ2) is 18.7. The molecule has 0 aliphatic carbocycles. The van der Waals surface area contributed by atoms with E-state index in [2.05, 4.69) is 280 Å². The summed E-state index contributed by atoms with van der Waals surface area (Å²) in [7, 11) is 0. The molecule has 0 N–H and O–H groups in total. The van der Waals surface area contributed by atoms with Gasteiger partial charge in [0.15, 0.2) is 0 Å². The van der Waals surface area contributed by atoms with Crippen molar-refractivity contribution in [3.05, 3.63) is 254 Å². The summed E-state index contributed by atoms with van der Waals surface area (Å²) in [4.78, 5) is 5.11. The normalized spacial score (nSPS) is 11.9. The zero-order valence-electron chi connectivity index (χ0n) is 43.0. The van der Waals surface area contributed by atoms with Gasteiger partial charge in [0.2, 0.25) is 0 Å². The van der Waals surface area contributed by atoms with Crippen LogP contribution in [0.3, 0.4) is 0 Å². The van der Waals surface area contributed by atoms with Crippen LogP contribution >= 0.6 is 22.7 Å². The van der Waals surface area contributed by atoms with Crippen LogP contribution in [0.25, 0.3) is 94.9 Å². The summed E-state index contributed by atoms with van der Waals surface area (Å²) in [5.41, 5.74) is 14.2. The zero-order valence-corrected chi connectivity index (χ0v) is 44.6. The van der Waals surface area contributed by atoms with E-state index in [4.69, 9.17) is 0 Å². The van der Waals surface area contributed by atoms with Crippen LogP contribution in [0, 0.1) is 0 Å². The molecule has 0 saturated carbocycles. The van der Waals surface area contributed by atoms with Crippen molar-refractivity contribution in [1.82, 2.24) is 0 Å². The molecule has 2 heterocycles. The first-order valence-electron chi connectivity index (χ1n) is 26.5. The van der Waals surface area contributed by atoms with Crippen molar-refractivity contribution in [2.24, 2.45) is 0 Å². The van der Waals surface area contributed by atoms with Crippen LogP contribution in [-0.2, 0) is 0 Å². The molecule has 14 rings (SSSR count). The lowest BCUT2D eigenvalue weighted by molar-refractivity contribution is 0.866. The second-order valence-electron chi connectivity index (χ2n) is 20.8. The maximum absolute atomic E-state index is 2.56. The van der Waals surface area contributed by atoms with Crippen molar-refractivity contribution in [3.8, 4) is 22.3 Å². The minimum absolute atomic E-state index is 0.343. The number of fused-ring (bicyclic) bond motifs is 9. The molecule has 0 amide bonds. The van der Waals surface area contributed by atoms with E-state index in [0.29, 0.717) is 11.8 Å². The quantitative estimate of drug-likeness (QED) is 0.0995. The average molecular weight is 1010 g/mol. The molecule has 0 aliphatic rings. The standard InChI is InChI=1S/C72H54N2S2/c1-45(2)47-21-13-25-53(39-47)73(55-27-15-23-51(41-55)57-33-17-35-63-59-29-9-11-37-67(59)75-71(57)63)69-61-31-7-8-32-62(61)70(66-44-50-20-6-5-19-49(50)43-65(66)69)74(54-26-14-22-48(40-54)46(3)4)56-28-16-24-52(42-56)58-34-18-36-64-60-30-10-12-38-68(60)76-72(58)64/h5-46H,1-4H3. The Bertz CT molecular complexity index is 4280. The van der Waals surface area contributed by atoms with Gasteiger partial charge in [-0.2, -0.15) is 0 Å². The molecule has 0 spiro atoms.